The fourth-order valence-corrected chi connectivity index (χ4v) is 4.13. The summed E-state index contributed by atoms with van der Waals surface area (Å²) in [5.74, 6) is 1.02. The van der Waals surface area contributed by atoms with Gasteiger partial charge >= 0.3 is 0 Å². The Hall–Kier alpha value is -2.24. The molecule has 2 aliphatic heterocycles. The molecule has 1 saturated heterocycles. The van der Waals surface area contributed by atoms with Gasteiger partial charge in [0.15, 0.2) is 0 Å². The lowest BCUT2D eigenvalue weighted by Crippen LogP contribution is -2.58. The highest BCUT2D eigenvalue weighted by atomic mass is 35.5. The van der Waals surface area contributed by atoms with Crippen molar-refractivity contribution in [3.05, 3.63) is 53.1 Å². The smallest absolute Gasteiger partial charge is 0.127 e. The molecule has 0 bridgehead atoms. The second-order valence-corrected chi connectivity index (χ2v) is 7.91. The van der Waals surface area contributed by atoms with E-state index in [1.54, 1.807) is 0 Å². The summed E-state index contributed by atoms with van der Waals surface area (Å²) in [7, 11) is 4.13. The van der Waals surface area contributed by atoms with Crippen molar-refractivity contribution in [1.29, 1.82) is 0 Å². The van der Waals surface area contributed by atoms with Crippen molar-refractivity contribution >= 4 is 34.5 Å². The minimum absolute atomic E-state index is 0.151. The Labute approximate surface area is 165 Å². The predicted molar refractivity (Wildman–Crippen MR) is 115 cm³/mol. The molecule has 0 atom stereocenters. The van der Waals surface area contributed by atoms with Crippen molar-refractivity contribution in [2.45, 2.75) is 24.9 Å². The number of para-hydroxylation sites is 1. The van der Waals surface area contributed by atoms with Crippen molar-refractivity contribution in [2.75, 3.05) is 42.7 Å². The summed E-state index contributed by atoms with van der Waals surface area (Å²) in [5.41, 5.74) is 4.36. The van der Waals surface area contributed by atoms with E-state index >= 15 is 0 Å². The Morgan fingerprint density at radius 1 is 1.11 bits per heavy atom. The molecular weight excluding hydrogens is 358 g/mol. The minimum Gasteiger partial charge on any atom is -0.376 e. The van der Waals surface area contributed by atoms with Crippen LogP contribution in [0, 0.1) is 0 Å². The minimum atomic E-state index is -0.151. The van der Waals surface area contributed by atoms with E-state index in [-0.39, 0.29) is 5.54 Å². The maximum atomic E-state index is 6.14. The number of piperidine rings is 1. The monoisotopic (exact) mass is 383 g/mol. The van der Waals surface area contributed by atoms with Gasteiger partial charge in [0, 0.05) is 19.1 Å². The lowest BCUT2D eigenvalue weighted by Gasteiger charge is -2.44. The van der Waals surface area contributed by atoms with Crippen LogP contribution in [0.3, 0.4) is 0 Å². The van der Waals surface area contributed by atoms with Crippen LogP contribution in [0.25, 0.3) is 0 Å². The first kappa shape index (κ1) is 18.1. The Morgan fingerprint density at radius 3 is 2.63 bits per heavy atom. The number of amidine groups is 1. The SMILES string of the molecule is CN(C)c1cccc2c1NC(=NCc1cccc(Cl)c1)C1(CCNCC1)N2. The zero-order valence-corrected chi connectivity index (χ0v) is 16.6. The third-order valence-electron chi connectivity index (χ3n) is 5.36. The third kappa shape index (κ3) is 3.62. The van der Waals surface area contributed by atoms with Gasteiger partial charge in [0.1, 0.15) is 5.84 Å². The molecule has 27 heavy (non-hydrogen) atoms. The number of benzene rings is 2. The molecule has 2 aromatic rings. The zero-order valence-electron chi connectivity index (χ0n) is 15.8. The van der Waals surface area contributed by atoms with E-state index in [9.17, 15) is 0 Å². The highest BCUT2D eigenvalue weighted by Crippen LogP contribution is 2.41. The summed E-state index contributed by atoms with van der Waals surface area (Å²) in [6.45, 7) is 2.57. The van der Waals surface area contributed by atoms with E-state index in [1.807, 2.05) is 18.2 Å². The number of halogens is 1. The molecule has 1 spiro atoms. The van der Waals surface area contributed by atoms with Gasteiger partial charge in [0.05, 0.1) is 29.1 Å². The second kappa shape index (κ2) is 7.41. The fourth-order valence-electron chi connectivity index (χ4n) is 3.92. The predicted octanol–water partition coefficient (Wildman–Crippen LogP) is 3.96. The van der Waals surface area contributed by atoms with Crippen LogP contribution in [0.2, 0.25) is 5.02 Å². The van der Waals surface area contributed by atoms with Crippen LogP contribution in [0.15, 0.2) is 47.5 Å². The number of anilines is 3. The summed E-state index contributed by atoms with van der Waals surface area (Å²) in [6, 6.07) is 14.3. The topological polar surface area (TPSA) is 51.7 Å². The van der Waals surface area contributed by atoms with Gasteiger partial charge in [0.2, 0.25) is 0 Å². The summed E-state index contributed by atoms with van der Waals surface area (Å²) in [5, 5.41) is 11.7. The highest BCUT2D eigenvalue weighted by molar-refractivity contribution is 6.30. The second-order valence-electron chi connectivity index (χ2n) is 7.47. The van der Waals surface area contributed by atoms with E-state index in [0.29, 0.717) is 6.54 Å². The molecule has 0 saturated carbocycles. The van der Waals surface area contributed by atoms with Gasteiger partial charge in [-0.1, -0.05) is 29.8 Å². The molecule has 2 aromatic carbocycles. The molecule has 4 rings (SSSR count). The van der Waals surface area contributed by atoms with Crippen LogP contribution in [-0.2, 0) is 6.54 Å². The molecule has 1 fully saturated rings. The maximum absolute atomic E-state index is 6.14. The fraction of sp³-hybridized carbons (Fsp3) is 0.381. The largest absolute Gasteiger partial charge is 0.376 e. The first-order valence-corrected chi connectivity index (χ1v) is 9.81. The molecule has 0 amide bonds. The number of nitrogens with one attached hydrogen (secondary N) is 3. The molecule has 142 valence electrons. The van der Waals surface area contributed by atoms with Crippen LogP contribution in [0.4, 0.5) is 17.1 Å². The number of hydrogen-bond donors (Lipinski definition) is 3. The van der Waals surface area contributed by atoms with E-state index in [4.69, 9.17) is 16.6 Å². The summed E-state index contributed by atoms with van der Waals surface area (Å²) < 4.78 is 0. The van der Waals surface area contributed by atoms with Crippen molar-refractivity contribution in [3.8, 4) is 0 Å². The quantitative estimate of drug-likeness (QED) is 0.750. The van der Waals surface area contributed by atoms with Gasteiger partial charge in [-0.25, -0.2) is 0 Å². The average Bonchev–Trinajstić information content (AvgIpc) is 2.66. The Kier molecular flexibility index (Phi) is 4.98. The standard InChI is InChI=1S/C21H26ClN5/c1-27(2)18-8-4-7-17-19(18)25-20(21(26-17)9-11-23-12-10-21)24-14-15-5-3-6-16(22)13-15/h3-8,13,23,26H,9-12,14H2,1-2H3,(H,24,25). The van der Waals surface area contributed by atoms with Gasteiger partial charge in [-0.3, -0.25) is 4.99 Å². The van der Waals surface area contributed by atoms with Crippen LogP contribution < -0.4 is 20.9 Å². The van der Waals surface area contributed by atoms with Crippen LogP contribution in [-0.4, -0.2) is 38.6 Å². The number of hydrogen-bond acceptors (Lipinski definition) is 4. The van der Waals surface area contributed by atoms with Crippen molar-refractivity contribution in [2.24, 2.45) is 4.99 Å². The Bertz CT molecular complexity index is 855. The molecule has 5 nitrogen and oxygen atoms in total. The van der Waals surface area contributed by atoms with E-state index in [2.05, 4.69) is 59.2 Å². The first-order chi connectivity index (χ1) is 13.1. The lowest BCUT2D eigenvalue weighted by molar-refractivity contribution is 0.419. The molecule has 2 heterocycles. The van der Waals surface area contributed by atoms with Crippen molar-refractivity contribution < 1.29 is 0 Å². The van der Waals surface area contributed by atoms with Gasteiger partial charge in [-0.15, -0.1) is 0 Å². The van der Waals surface area contributed by atoms with Gasteiger partial charge in [-0.05, 0) is 55.8 Å². The molecule has 0 aliphatic carbocycles. The molecule has 0 aromatic heterocycles. The van der Waals surface area contributed by atoms with E-state index in [0.717, 1.165) is 59.4 Å². The number of nitrogens with zero attached hydrogens (tertiary/aromatic N) is 2. The molecule has 3 N–H and O–H groups in total. The van der Waals surface area contributed by atoms with Crippen LogP contribution >= 0.6 is 11.6 Å². The number of aliphatic imine (C=N–C) groups is 1. The molecule has 0 radical (unpaired) electrons. The number of rotatable bonds is 3. The Morgan fingerprint density at radius 2 is 1.89 bits per heavy atom. The zero-order chi connectivity index (χ0) is 18.9. The lowest BCUT2D eigenvalue weighted by atomic mass is 9.84. The van der Waals surface area contributed by atoms with Crippen molar-refractivity contribution in [3.63, 3.8) is 0 Å². The first-order valence-electron chi connectivity index (χ1n) is 9.43. The van der Waals surface area contributed by atoms with Gasteiger partial charge in [-0.2, -0.15) is 0 Å². The van der Waals surface area contributed by atoms with Crippen LogP contribution in [0.5, 0.6) is 0 Å². The van der Waals surface area contributed by atoms with E-state index < -0.39 is 0 Å². The Balaban J connectivity index is 1.72. The third-order valence-corrected chi connectivity index (χ3v) is 5.60. The van der Waals surface area contributed by atoms with Gasteiger partial charge < -0.3 is 20.9 Å². The van der Waals surface area contributed by atoms with Gasteiger partial charge in [0.25, 0.3) is 0 Å². The molecular formula is C21H26ClN5. The molecule has 0 unspecified atom stereocenters. The molecule has 2 aliphatic rings. The van der Waals surface area contributed by atoms with Crippen LogP contribution in [0.1, 0.15) is 18.4 Å². The van der Waals surface area contributed by atoms with Crippen molar-refractivity contribution in [1.82, 2.24) is 5.32 Å². The maximum Gasteiger partial charge on any atom is 0.127 e. The number of fused-ring (bicyclic) bond motifs is 1. The summed E-state index contributed by atoms with van der Waals surface area (Å²) in [4.78, 5) is 7.14. The molecule has 6 heteroatoms. The average molecular weight is 384 g/mol. The van der Waals surface area contributed by atoms with E-state index in [1.165, 1.54) is 0 Å². The summed E-state index contributed by atoms with van der Waals surface area (Å²) >= 11 is 6.14. The summed E-state index contributed by atoms with van der Waals surface area (Å²) in [6.07, 6.45) is 2.00. The highest BCUT2D eigenvalue weighted by Gasteiger charge is 2.41. The normalized spacial score (nSPS) is 19.3.